The second-order valence-corrected chi connectivity index (χ2v) is 34.0. The number of carbonyl (C=O) groups is 1. The lowest BCUT2D eigenvalue weighted by Gasteiger charge is -2.33. The Kier molecular flexibility index (Phi) is 21.7. The van der Waals surface area contributed by atoms with Crippen LogP contribution < -0.4 is 32.0 Å². The highest BCUT2D eigenvalue weighted by Crippen LogP contribution is 2.41. The number of aryl methyl sites for hydroxylation is 2. The van der Waals surface area contributed by atoms with Crippen LogP contribution >= 0.6 is 0 Å². The number of hydrogen-bond donors (Lipinski definition) is 2. The first-order valence-corrected chi connectivity index (χ1v) is 33.8. The molecule has 0 amide bonds. The summed E-state index contributed by atoms with van der Waals surface area (Å²) in [6, 6.07) is 16.4. The van der Waals surface area contributed by atoms with Gasteiger partial charge in [-0.15, -0.1) is 0 Å². The van der Waals surface area contributed by atoms with Crippen LogP contribution in [-0.4, -0.2) is 150 Å². The Hall–Kier alpha value is -4.48. The molecule has 4 fully saturated rings. The molecule has 3 N–H and O–H groups in total. The van der Waals surface area contributed by atoms with Crippen LogP contribution in [0.3, 0.4) is 0 Å². The number of nitrogens with two attached hydrogens (primary N) is 1. The van der Waals surface area contributed by atoms with Crippen molar-refractivity contribution in [2.75, 3.05) is 96.0 Å². The Labute approximate surface area is 434 Å². The summed E-state index contributed by atoms with van der Waals surface area (Å²) in [5.74, 6) is 1.63. The molecule has 2 aromatic carbocycles. The predicted octanol–water partition coefficient (Wildman–Crippen LogP) is 6.60. The molecular formula is C54H84F2N10O5Si2. The molecule has 0 radical (unpaired) electrons. The lowest BCUT2D eigenvalue weighted by atomic mass is 10.1. The highest BCUT2D eigenvalue weighted by atomic mass is 28.3. The highest BCUT2D eigenvalue weighted by molar-refractivity contribution is 6.76. The summed E-state index contributed by atoms with van der Waals surface area (Å²) in [4.78, 5) is 54.9. The average Bonchev–Trinajstić information content (AvgIpc) is 4.29. The van der Waals surface area contributed by atoms with E-state index < -0.39 is 16.1 Å². The van der Waals surface area contributed by atoms with Crippen molar-refractivity contribution in [3.05, 3.63) is 116 Å². The second kappa shape index (κ2) is 27.4. The van der Waals surface area contributed by atoms with E-state index in [-0.39, 0.29) is 36.2 Å². The molecular weight excluding hydrogens is 963 g/mol. The van der Waals surface area contributed by atoms with E-state index in [1.807, 2.05) is 35.4 Å². The first-order valence-electron chi connectivity index (χ1n) is 26.4. The Balaban J connectivity index is 0.000000203. The smallest absolute Gasteiger partial charge is 0.295 e. The number of benzene rings is 2. The maximum absolute atomic E-state index is 13.3. The molecule has 2 aromatic heterocycles. The van der Waals surface area contributed by atoms with Gasteiger partial charge >= 0.3 is 0 Å². The highest BCUT2D eigenvalue weighted by Gasteiger charge is 2.37. The number of aldehydes is 1. The molecule has 4 aliphatic rings. The number of hydrogen-bond acceptors (Lipinski definition) is 13. The number of halogens is 2. The van der Waals surface area contributed by atoms with Crippen LogP contribution in [0.4, 0.5) is 20.4 Å². The third-order valence-corrected chi connectivity index (χ3v) is 17.2. The van der Waals surface area contributed by atoms with Crippen LogP contribution in [0.15, 0.2) is 70.5 Å². The van der Waals surface area contributed by atoms with Crippen LogP contribution in [0.1, 0.15) is 60.0 Å². The van der Waals surface area contributed by atoms with Crippen molar-refractivity contribution in [2.24, 2.45) is 5.73 Å². The zero-order chi connectivity index (χ0) is 52.7. The molecule has 4 aromatic rings. The molecule has 73 heavy (non-hydrogen) atoms. The fourth-order valence-corrected chi connectivity index (χ4v) is 10.2. The van der Waals surface area contributed by atoms with Gasteiger partial charge in [0.2, 0.25) is 0 Å². The number of anilines is 2. The zero-order valence-electron chi connectivity index (χ0n) is 45.0. The summed E-state index contributed by atoms with van der Waals surface area (Å²) in [6.07, 6.45) is 9.34. The summed E-state index contributed by atoms with van der Waals surface area (Å²) in [7, 11) is 1.85. The van der Waals surface area contributed by atoms with Gasteiger partial charge in [-0.05, 0) is 100 Å². The molecule has 4 heterocycles. The molecule has 0 spiro atoms. The van der Waals surface area contributed by atoms with Crippen molar-refractivity contribution in [3.8, 4) is 0 Å². The standard InChI is InChI=1S/C27H42FN5O2Si.C18H32N4O3Si.C9H10FN/c1-31-12-14-32(15-13-31)26-27(34)33(20-35-16-17-36(2,3)4)19-23(30-26)6-5-11-29-25-18-24(25)21-7-9-22(28)10-8-21;1-20-7-9-21(10-8-20)17-18(24)22(14-16(19-17)6-5-11-23)15-25-12-13-26(2,3)4;10-7-3-1-6(2-4-7)8-5-9(8)11/h7-10,19,24-25,29H,5-6,11-18,20H2,1-4H3;11,14H,5-10,12-13,15H2,1-4H3;1-4,8-9H,5,11H2/t24-,25+;;8-,9+/m0.0/s1. The van der Waals surface area contributed by atoms with Crippen LogP contribution in [0.25, 0.3) is 0 Å². The van der Waals surface area contributed by atoms with Crippen molar-refractivity contribution < 1.29 is 23.0 Å². The maximum Gasteiger partial charge on any atom is 0.295 e. The number of nitrogens with one attached hydrogen (secondary N) is 1. The minimum Gasteiger partial charge on any atom is -0.361 e. The maximum atomic E-state index is 13.3. The normalized spacial score (nSPS) is 20.2. The van der Waals surface area contributed by atoms with Crippen molar-refractivity contribution in [1.29, 1.82) is 0 Å². The fourth-order valence-electron chi connectivity index (χ4n) is 8.69. The van der Waals surface area contributed by atoms with Gasteiger partial charge in [0, 0.05) is 124 Å². The predicted molar refractivity (Wildman–Crippen MR) is 295 cm³/mol. The van der Waals surface area contributed by atoms with E-state index >= 15 is 0 Å². The van der Waals surface area contributed by atoms with Crippen LogP contribution in [-0.2, 0) is 40.6 Å². The van der Waals surface area contributed by atoms with E-state index in [2.05, 4.69) is 78.4 Å². The SMILES string of the molecule is CN1CCN(c2nc(CCC=O)cn(COCC[Si](C)(C)C)c2=O)CC1.CN1CCN(c2nc(CCCN[C@@H]3C[C@H]3c3ccc(F)cc3)cn(COCC[Si](C)(C)C)c2=O)CC1.N[C@@H]1C[C@H]1c1ccc(F)cc1. The fraction of sp³-hybridized carbons (Fsp3) is 0.611. The third-order valence-electron chi connectivity index (χ3n) is 13.8. The Morgan fingerprint density at radius 3 is 1.49 bits per heavy atom. The summed E-state index contributed by atoms with van der Waals surface area (Å²) in [5, 5.41) is 3.63. The summed E-state index contributed by atoms with van der Waals surface area (Å²) in [5.41, 5.74) is 9.54. The van der Waals surface area contributed by atoms with Crippen molar-refractivity contribution in [1.82, 2.24) is 34.2 Å². The molecule has 402 valence electrons. The number of carbonyl (C=O) groups excluding carboxylic acids is 1. The number of piperazine rings is 2. The monoisotopic (exact) mass is 1050 g/mol. The van der Waals surface area contributed by atoms with Crippen molar-refractivity contribution >= 4 is 34.1 Å². The van der Waals surface area contributed by atoms with E-state index in [4.69, 9.17) is 20.2 Å². The first-order chi connectivity index (χ1) is 34.8. The van der Waals surface area contributed by atoms with E-state index in [0.29, 0.717) is 61.6 Å². The number of likely N-dealkylation sites (N-methyl/N-ethyl adjacent to an activating group) is 2. The number of rotatable bonds is 22. The van der Waals surface area contributed by atoms with Gasteiger partial charge in [0.15, 0.2) is 11.6 Å². The lowest BCUT2D eigenvalue weighted by molar-refractivity contribution is -0.107. The largest absolute Gasteiger partial charge is 0.361 e. The second-order valence-electron chi connectivity index (χ2n) is 22.8. The van der Waals surface area contributed by atoms with Crippen LogP contribution in [0.5, 0.6) is 0 Å². The minimum atomic E-state index is -1.18. The Morgan fingerprint density at radius 1 is 0.658 bits per heavy atom. The minimum absolute atomic E-state index is 0.0606. The number of nitrogens with zero attached hydrogens (tertiary/aromatic N) is 8. The van der Waals surface area contributed by atoms with Crippen molar-refractivity contribution in [3.63, 3.8) is 0 Å². The molecule has 2 saturated carbocycles. The lowest BCUT2D eigenvalue weighted by Crippen LogP contribution is -2.47. The number of ether oxygens (including phenoxy) is 2. The average molecular weight is 1050 g/mol. The molecule has 2 aliphatic heterocycles. The molecule has 4 atom stereocenters. The third kappa shape index (κ3) is 19.3. The van der Waals surface area contributed by atoms with Gasteiger partial charge in [-0.25, -0.2) is 18.7 Å². The molecule has 2 saturated heterocycles. The van der Waals surface area contributed by atoms with E-state index in [0.717, 1.165) is 114 Å². The van der Waals surface area contributed by atoms with Gasteiger partial charge in [0.25, 0.3) is 11.1 Å². The van der Waals surface area contributed by atoms with Gasteiger partial charge in [-0.3, -0.25) is 18.7 Å². The summed E-state index contributed by atoms with van der Waals surface area (Å²) in [6.45, 7) is 23.5. The summed E-state index contributed by atoms with van der Waals surface area (Å²) >= 11 is 0. The van der Waals surface area contributed by atoms with E-state index in [9.17, 15) is 23.2 Å². The topological polar surface area (TPSA) is 156 Å². The molecule has 2 aliphatic carbocycles. The van der Waals surface area contributed by atoms with E-state index in [1.54, 1.807) is 15.3 Å². The van der Waals surface area contributed by atoms with Crippen molar-refractivity contribution in [2.45, 2.75) is 127 Å². The van der Waals surface area contributed by atoms with Crippen LogP contribution in [0.2, 0.25) is 51.4 Å². The van der Waals surface area contributed by atoms with Gasteiger partial charge in [0.05, 0.1) is 11.4 Å². The van der Waals surface area contributed by atoms with Gasteiger partial charge in [-0.2, -0.15) is 0 Å². The first kappa shape index (κ1) is 57.8. The van der Waals surface area contributed by atoms with Gasteiger partial charge in [0.1, 0.15) is 31.4 Å². The van der Waals surface area contributed by atoms with Gasteiger partial charge in [-0.1, -0.05) is 63.5 Å². The Morgan fingerprint density at radius 2 is 1.08 bits per heavy atom. The van der Waals surface area contributed by atoms with Gasteiger partial charge < -0.3 is 44.9 Å². The Bertz CT molecular complexity index is 2450. The zero-order valence-corrected chi connectivity index (χ0v) is 47.0. The van der Waals surface area contributed by atoms with E-state index in [1.165, 1.54) is 35.4 Å². The molecule has 0 bridgehead atoms. The molecule has 15 nitrogen and oxygen atoms in total. The quantitative estimate of drug-likeness (QED) is 0.0494. The molecule has 19 heteroatoms. The molecule has 8 rings (SSSR count). The van der Waals surface area contributed by atoms with Crippen LogP contribution in [0, 0.1) is 11.6 Å². The summed E-state index contributed by atoms with van der Waals surface area (Å²) < 4.78 is 40.6. The number of aromatic nitrogens is 4. The molecule has 0 unspecified atom stereocenters.